The van der Waals surface area contributed by atoms with Crippen LogP contribution in [0.4, 0.5) is 16.2 Å². The van der Waals surface area contributed by atoms with Crippen molar-refractivity contribution < 1.29 is 24.3 Å². The molecule has 44 heavy (non-hydrogen) atoms. The maximum absolute atomic E-state index is 14.0. The van der Waals surface area contributed by atoms with E-state index in [1.165, 1.54) is 0 Å². The van der Waals surface area contributed by atoms with Crippen molar-refractivity contribution in [3.8, 4) is 0 Å². The van der Waals surface area contributed by atoms with Crippen molar-refractivity contribution in [2.24, 2.45) is 5.92 Å². The Morgan fingerprint density at radius 1 is 0.886 bits per heavy atom. The molecule has 4 amide bonds. The van der Waals surface area contributed by atoms with E-state index in [4.69, 9.17) is 0 Å². The van der Waals surface area contributed by atoms with Crippen molar-refractivity contribution in [3.05, 3.63) is 95.6 Å². The van der Waals surface area contributed by atoms with Crippen LogP contribution in [-0.4, -0.2) is 52.4 Å². The zero-order chi connectivity index (χ0) is 31.6. The SMILES string of the molecule is Cc1ccccc1NC(=O)Nc1ccc(CC(=O)N[C@@H](CC(C)C)C(=O)N2CCCCC2C(C(=O)O)c2ccccc2)cc1. The smallest absolute Gasteiger partial charge is 0.323 e. The molecule has 232 valence electrons. The number of piperidine rings is 1. The summed E-state index contributed by atoms with van der Waals surface area (Å²) in [6.07, 6.45) is 2.71. The number of benzene rings is 3. The van der Waals surface area contributed by atoms with Crippen molar-refractivity contribution in [1.29, 1.82) is 0 Å². The van der Waals surface area contributed by atoms with E-state index >= 15 is 0 Å². The molecule has 0 bridgehead atoms. The minimum absolute atomic E-state index is 0.0583. The van der Waals surface area contributed by atoms with Crippen LogP contribution in [0, 0.1) is 12.8 Å². The zero-order valence-corrected chi connectivity index (χ0v) is 25.6. The van der Waals surface area contributed by atoms with Gasteiger partial charge in [0, 0.05) is 24.0 Å². The van der Waals surface area contributed by atoms with Crippen LogP contribution in [-0.2, 0) is 20.8 Å². The van der Waals surface area contributed by atoms with Crippen molar-refractivity contribution in [3.63, 3.8) is 0 Å². The Kier molecular flexibility index (Phi) is 11.1. The molecule has 0 saturated carbocycles. The fourth-order valence-electron chi connectivity index (χ4n) is 5.79. The number of carbonyl (C=O) groups excluding carboxylic acids is 3. The van der Waals surface area contributed by atoms with Crippen LogP contribution in [0.3, 0.4) is 0 Å². The summed E-state index contributed by atoms with van der Waals surface area (Å²) in [4.78, 5) is 53.7. The molecule has 2 unspecified atom stereocenters. The summed E-state index contributed by atoms with van der Waals surface area (Å²) in [5.41, 5.74) is 3.65. The molecule has 0 aliphatic carbocycles. The number of hydrogen-bond donors (Lipinski definition) is 4. The highest BCUT2D eigenvalue weighted by molar-refractivity contribution is 6.00. The van der Waals surface area contributed by atoms with E-state index in [0.29, 0.717) is 30.6 Å². The van der Waals surface area contributed by atoms with Crippen molar-refractivity contribution in [1.82, 2.24) is 10.2 Å². The molecule has 1 saturated heterocycles. The van der Waals surface area contributed by atoms with Gasteiger partial charge in [0.25, 0.3) is 0 Å². The Balaban J connectivity index is 1.41. The average Bonchev–Trinajstić information content (AvgIpc) is 2.99. The van der Waals surface area contributed by atoms with E-state index in [1.807, 2.05) is 63.2 Å². The van der Waals surface area contributed by atoms with Gasteiger partial charge in [-0.05, 0) is 73.4 Å². The van der Waals surface area contributed by atoms with Crippen LogP contribution in [0.5, 0.6) is 0 Å². The quantitative estimate of drug-likeness (QED) is 0.217. The predicted octanol–water partition coefficient (Wildman–Crippen LogP) is 5.96. The van der Waals surface area contributed by atoms with Crippen LogP contribution in [0.1, 0.15) is 62.1 Å². The molecule has 1 heterocycles. The van der Waals surface area contributed by atoms with Crippen LogP contribution < -0.4 is 16.0 Å². The predicted molar refractivity (Wildman–Crippen MR) is 172 cm³/mol. The van der Waals surface area contributed by atoms with E-state index in [-0.39, 0.29) is 30.2 Å². The molecular formula is C35H42N4O5. The molecule has 9 nitrogen and oxygen atoms in total. The lowest BCUT2D eigenvalue weighted by Crippen LogP contribution is -2.56. The number of likely N-dealkylation sites (tertiary alicyclic amines) is 1. The van der Waals surface area contributed by atoms with Gasteiger partial charge in [0.05, 0.1) is 6.42 Å². The number of aliphatic carboxylic acids is 1. The summed E-state index contributed by atoms with van der Waals surface area (Å²) in [6.45, 7) is 6.35. The van der Waals surface area contributed by atoms with E-state index < -0.39 is 24.0 Å². The van der Waals surface area contributed by atoms with Gasteiger partial charge < -0.3 is 26.0 Å². The first kappa shape index (κ1) is 32.3. The summed E-state index contributed by atoms with van der Waals surface area (Å²) < 4.78 is 0. The van der Waals surface area contributed by atoms with E-state index in [9.17, 15) is 24.3 Å². The lowest BCUT2D eigenvalue weighted by molar-refractivity contribution is -0.146. The van der Waals surface area contributed by atoms with E-state index in [0.717, 1.165) is 29.7 Å². The van der Waals surface area contributed by atoms with Crippen molar-refractivity contribution in [2.75, 3.05) is 17.2 Å². The number of hydrogen-bond acceptors (Lipinski definition) is 4. The minimum Gasteiger partial charge on any atom is -0.481 e. The highest BCUT2D eigenvalue weighted by atomic mass is 16.4. The number of carbonyl (C=O) groups is 4. The molecule has 0 radical (unpaired) electrons. The largest absolute Gasteiger partial charge is 0.481 e. The number of nitrogens with one attached hydrogen (secondary N) is 3. The summed E-state index contributed by atoms with van der Waals surface area (Å²) >= 11 is 0. The van der Waals surface area contributed by atoms with E-state index in [2.05, 4.69) is 16.0 Å². The molecule has 0 spiro atoms. The Morgan fingerprint density at radius 3 is 2.23 bits per heavy atom. The molecule has 3 atom stereocenters. The lowest BCUT2D eigenvalue weighted by atomic mass is 9.84. The van der Waals surface area contributed by atoms with Gasteiger partial charge in [0.2, 0.25) is 11.8 Å². The number of rotatable bonds is 11. The number of urea groups is 1. The third kappa shape index (κ3) is 8.69. The normalized spacial score (nSPS) is 16.1. The van der Waals surface area contributed by atoms with Crippen LogP contribution in [0.2, 0.25) is 0 Å². The van der Waals surface area contributed by atoms with Gasteiger partial charge in [-0.25, -0.2) is 4.79 Å². The van der Waals surface area contributed by atoms with Crippen LogP contribution >= 0.6 is 0 Å². The standard InChI is InChI=1S/C35H42N4O5/c1-23(2)21-29(33(41)39-20-10-9-15-30(39)32(34(42)43)26-12-5-4-6-13-26)37-31(40)22-25-16-18-27(19-17-25)36-35(44)38-28-14-8-7-11-24(28)3/h4-8,11-14,16-19,23,29-30,32H,9-10,15,20-22H2,1-3H3,(H,37,40)(H,42,43)(H2,36,38,44)/t29-,30?,32?/m0/s1. The molecule has 1 fully saturated rings. The first-order chi connectivity index (χ1) is 21.1. The maximum Gasteiger partial charge on any atom is 0.323 e. The number of amides is 4. The fraction of sp³-hybridized carbons (Fsp3) is 0.371. The van der Waals surface area contributed by atoms with Crippen LogP contribution in [0.25, 0.3) is 0 Å². The van der Waals surface area contributed by atoms with Gasteiger partial charge in [-0.2, -0.15) is 0 Å². The Morgan fingerprint density at radius 2 is 1.57 bits per heavy atom. The summed E-state index contributed by atoms with van der Waals surface area (Å²) in [5.74, 6) is -2.21. The second-order valence-corrected chi connectivity index (χ2v) is 11.8. The number of anilines is 2. The summed E-state index contributed by atoms with van der Waals surface area (Å²) in [7, 11) is 0. The average molecular weight is 599 g/mol. The Labute approximate surface area is 259 Å². The van der Waals surface area contributed by atoms with Gasteiger partial charge in [0.15, 0.2) is 0 Å². The van der Waals surface area contributed by atoms with Gasteiger partial charge in [-0.15, -0.1) is 0 Å². The highest BCUT2D eigenvalue weighted by Gasteiger charge is 2.40. The molecule has 4 N–H and O–H groups in total. The van der Waals surface area contributed by atoms with Gasteiger partial charge in [-0.1, -0.05) is 74.5 Å². The number of nitrogens with zero attached hydrogens (tertiary/aromatic N) is 1. The lowest BCUT2D eigenvalue weighted by Gasteiger charge is -2.41. The number of aryl methyl sites for hydroxylation is 1. The second kappa shape index (κ2) is 15.2. The molecule has 0 aromatic heterocycles. The summed E-state index contributed by atoms with van der Waals surface area (Å²) in [6, 6.07) is 21.9. The number of para-hydroxylation sites is 1. The minimum atomic E-state index is -0.962. The molecule has 3 aromatic rings. The number of carboxylic acid groups (broad SMARTS) is 1. The van der Waals surface area contributed by atoms with Crippen LogP contribution in [0.15, 0.2) is 78.9 Å². The molecule has 3 aromatic carbocycles. The molecule has 9 heteroatoms. The number of carboxylic acids is 1. The fourth-order valence-corrected chi connectivity index (χ4v) is 5.79. The maximum atomic E-state index is 14.0. The van der Waals surface area contributed by atoms with E-state index in [1.54, 1.807) is 41.3 Å². The first-order valence-corrected chi connectivity index (χ1v) is 15.2. The van der Waals surface area contributed by atoms with Crippen molar-refractivity contribution >= 4 is 35.2 Å². The monoisotopic (exact) mass is 598 g/mol. The second-order valence-electron chi connectivity index (χ2n) is 11.8. The third-order valence-corrected chi connectivity index (χ3v) is 7.95. The van der Waals surface area contributed by atoms with Gasteiger partial charge in [-0.3, -0.25) is 14.4 Å². The molecule has 1 aliphatic rings. The topological polar surface area (TPSA) is 128 Å². The molecule has 1 aliphatic heterocycles. The Bertz CT molecular complexity index is 1440. The van der Waals surface area contributed by atoms with Gasteiger partial charge in [0.1, 0.15) is 12.0 Å². The third-order valence-electron chi connectivity index (χ3n) is 7.95. The van der Waals surface area contributed by atoms with Gasteiger partial charge >= 0.3 is 12.0 Å². The molecule has 4 rings (SSSR count). The first-order valence-electron chi connectivity index (χ1n) is 15.2. The Hall–Kier alpha value is -4.66. The van der Waals surface area contributed by atoms with Crippen molar-refractivity contribution in [2.45, 2.75) is 70.9 Å². The summed E-state index contributed by atoms with van der Waals surface area (Å²) in [5, 5.41) is 18.7. The highest BCUT2D eigenvalue weighted by Crippen LogP contribution is 2.32. The zero-order valence-electron chi connectivity index (χ0n) is 25.6. The molecular weight excluding hydrogens is 556 g/mol.